The summed E-state index contributed by atoms with van der Waals surface area (Å²) in [5, 5.41) is 3.60. The third kappa shape index (κ3) is 5.31. The van der Waals surface area contributed by atoms with Crippen molar-refractivity contribution in [1.82, 2.24) is 14.5 Å². The topological polar surface area (TPSA) is 96.3 Å². The Bertz CT molecular complexity index is 1440. The van der Waals surface area contributed by atoms with Crippen molar-refractivity contribution < 1.29 is 8.42 Å². The number of aromatic amines is 1. The highest BCUT2D eigenvalue weighted by Gasteiger charge is 2.14. The van der Waals surface area contributed by atoms with Gasteiger partial charge in [0, 0.05) is 23.5 Å². The van der Waals surface area contributed by atoms with Crippen molar-refractivity contribution in [3.63, 3.8) is 0 Å². The minimum Gasteiger partial charge on any atom is -0.295 e. The maximum absolute atomic E-state index is 12.8. The summed E-state index contributed by atoms with van der Waals surface area (Å²) in [6.07, 6.45) is 1.47. The van der Waals surface area contributed by atoms with E-state index in [0.29, 0.717) is 27.7 Å². The number of hydrogen-bond acceptors (Lipinski definition) is 4. The van der Waals surface area contributed by atoms with E-state index in [9.17, 15) is 13.2 Å². The van der Waals surface area contributed by atoms with Gasteiger partial charge in [0.05, 0.1) is 21.8 Å². The Morgan fingerprint density at radius 3 is 2.33 bits per heavy atom. The molecule has 3 aromatic carbocycles. The van der Waals surface area contributed by atoms with Crippen LogP contribution in [0.4, 0.5) is 5.69 Å². The zero-order chi connectivity index (χ0) is 23.4. The lowest BCUT2D eigenvalue weighted by Crippen LogP contribution is -2.23. The highest BCUT2D eigenvalue weighted by molar-refractivity contribution is 7.89. The number of nitrogens with one attached hydrogen (secondary N) is 2. The van der Waals surface area contributed by atoms with E-state index < -0.39 is 10.0 Å². The molecule has 0 saturated carbocycles. The van der Waals surface area contributed by atoms with Crippen LogP contribution in [-0.4, -0.2) is 24.4 Å². The van der Waals surface area contributed by atoms with E-state index in [-0.39, 0.29) is 17.0 Å². The molecule has 1 aromatic heterocycles. The van der Waals surface area contributed by atoms with Crippen molar-refractivity contribution in [2.75, 3.05) is 0 Å². The molecular formula is C24H21ClN4O3S. The van der Waals surface area contributed by atoms with Gasteiger partial charge < -0.3 is 0 Å². The molecule has 0 aliphatic heterocycles. The second kappa shape index (κ2) is 9.58. The largest absolute Gasteiger partial charge is 0.295 e. The fourth-order valence-electron chi connectivity index (χ4n) is 3.19. The Hall–Kier alpha value is -3.46. The predicted octanol–water partition coefficient (Wildman–Crippen LogP) is 4.36. The first-order valence-electron chi connectivity index (χ1n) is 10.1. The summed E-state index contributed by atoms with van der Waals surface area (Å²) in [4.78, 5) is 17.3. The number of nitrogens with zero attached hydrogens (tertiary/aromatic N) is 2. The molecule has 7 nitrogen and oxygen atoms in total. The van der Waals surface area contributed by atoms with Crippen molar-refractivity contribution in [1.29, 1.82) is 0 Å². The average Bonchev–Trinajstić information content (AvgIpc) is 3.11. The van der Waals surface area contributed by atoms with Gasteiger partial charge in [-0.15, -0.1) is 0 Å². The van der Waals surface area contributed by atoms with Crippen molar-refractivity contribution in [3.05, 3.63) is 111 Å². The van der Waals surface area contributed by atoms with Crippen LogP contribution >= 0.6 is 11.6 Å². The van der Waals surface area contributed by atoms with Gasteiger partial charge in [-0.3, -0.25) is 14.9 Å². The first-order valence-corrected chi connectivity index (χ1v) is 11.9. The summed E-state index contributed by atoms with van der Waals surface area (Å²) in [5.41, 5.74) is 2.87. The molecule has 0 fully saturated rings. The van der Waals surface area contributed by atoms with Crippen LogP contribution < -0.4 is 10.3 Å². The summed E-state index contributed by atoms with van der Waals surface area (Å²) in [6.45, 7) is 1.99. The molecule has 0 radical (unpaired) electrons. The van der Waals surface area contributed by atoms with E-state index >= 15 is 0 Å². The normalized spacial score (nSPS) is 11.8. The van der Waals surface area contributed by atoms with Crippen LogP contribution in [0.5, 0.6) is 0 Å². The summed E-state index contributed by atoms with van der Waals surface area (Å²) in [5.74, 6) is 0. The number of hydrogen-bond donors (Lipinski definition) is 2. The predicted molar refractivity (Wildman–Crippen MR) is 130 cm³/mol. The highest BCUT2D eigenvalue weighted by atomic mass is 35.5. The number of halogens is 1. The zero-order valence-electron chi connectivity index (χ0n) is 17.7. The van der Waals surface area contributed by atoms with Gasteiger partial charge in [0.15, 0.2) is 0 Å². The summed E-state index contributed by atoms with van der Waals surface area (Å²) in [7, 11) is -3.66. The van der Waals surface area contributed by atoms with E-state index in [1.807, 2.05) is 30.3 Å². The number of benzene rings is 3. The van der Waals surface area contributed by atoms with E-state index in [1.165, 1.54) is 23.0 Å². The van der Waals surface area contributed by atoms with Crippen molar-refractivity contribution >= 4 is 33.5 Å². The van der Waals surface area contributed by atoms with Crippen molar-refractivity contribution in [2.45, 2.75) is 18.4 Å². The van der Waals surface area contributed by atoms with Gasteiger partial charge in [-0.2, -0.15) is 0 Å². The Morgan fingerprint density at radius 2 is 1.67 bits per heavy atom. The summed E-state index contributed by atoms with van der Waals surface area (Å²) in [6, 6.07) is 22.3. The van der Waals surface area contributed by atoms with Crippen LogP contribution in [0.25, 0.3) is 5.69 Å². The van der Waals surface area contributed by atoms with Gasteiger partial charge in [-0.25, -0.2) is 17.8 Å². The second-order valence-corrected chi connectivity index (χ2v) is 9.53. The molecule has 0 aliphatic rings. The Balaban J connectivity index is 1.49. The first kappa shape index (κ1) is 22.7. The standard InChI is InChI=1S/C24H21ClN4O3S/c1-17-23(24(30)29(28-17)21-11-7-19(25)8-12-21)16-26-20-9-13-22(14-10-20)33(31,32)27-15-18-5-3-2-4-6-18/h2-14,16,27-28H,15H2,1H3. The molecule has 0 unspecified atom stereocenters. The van der Waals surface area contributed by atoms with Crippen molar-refractivity contribution in [3.8, 4) is 5.69 Å². The number of aryl methyl sites for hydroxylation is 1. The van der Waals surface area contributed by atoms with Gasteiger partial charge >= 0.3 is 0 Å². The fourth-order valence-corrected chi connectivity index (χ4v) is 4.34. The van der Waals surface area contributed by atoms with E-state index in [4.69, 9.17) is 11.6 Å². The number of H-pyrrole nitrogens is 1. The minimum absolute atomic E-state index is 0.139. The van der Waals surface area contributed by atoms with Crippen LogP contribution in [0.1, 0.15) is 16.8 Å². The summed E-state index contributed by atoms with van der Waals surface area (Å²) >= 11 is 5.92. The third-order valence-corrected chi connectivity index (χ3v) is 6.67. The molecule has 0 saturated heterocycles. The Kier molecular flexibility index (Phi) is 6.60. The van der Waals surface area contributed by atoms with Gasteiger partial charge in [0.1, 0.15) is 0 Å². The van der Waals surface area contributed by atoms with Gasteiger partial charge in [-0.05, 0) is 61.0 Å². The van der Waals surface area contributed by atoms with Gasteiger partial charge in [0.2, 0.25) is 10.0 Å². The Morgan fingerprint density at radius 1 is 1.00 bits per heavy atom. The number of aromatic nitrogens is 2. The maximum Gasteiger partial charge on any atom is 0.280 e. The minimum atomic E-state index is -3.66. The maximum atomic E-state index is 12.8. The van der Waals surface area contributed by atoms with Gasteiger partial charge in [0.25, 0.3) is 5.56 Å². The van der Waals surface area contributed by atoms with E-state index in [0.717, 1.165) is 5.56 Å². The van der Waals surface area contributed by atoms with Crippen LogP contribution in [0.15, 0.2) is 93.5 Å². The van der Waals surface area contributed by atoms with Crippen LogP contribution in [0.2, 0.25) is 5.02 Å². The molecule has 9 heteroatoms. The quantitative estimate of drug-likeness (QED) is 0.385. The lowest BCUT2D eigenvalue weighted by atomic mass is 10.2. The SMILES string of the molecule is Cc1[nH]n(-c2ccc(Cl)cc2)c(=O)c1C=Nc1ccc(S(=O)(=O)NCc2ccccc2)cc1. The third-order valence-electron chi connectivity index (χ3n) is 5.00. The molecule has 33 heavy (non-hydrogen) atoms. The lowest BCUT2D eigenvalue weighted by molar-refractivity contribution is 0.581. The number of rotatable bonds is 7. The summed E-state index contributed by atoms with van der Waals surface area (Å²) < 4.78 is 29.1. The molecule has 0 bridgehead atoms. The molecule has 0 aliphatic carbocycles. The highest BCUT2D eigenvalue weighted by Crippen LogP contribution is 2.17. The molecule has 0 amide bonds. The van der Waals surface area contributed by atoms with Gasteiger partial charge in [-0.1, -0.05) is 41.9 Å². The smallest absolute Gasteiger partial charge is 0.280 e. The van der Waals surface area contributed by atoms with Crippen LogP contribution in [0, 0.1) is 6.92 Å². The molecule has 1 heterocycles. The molecule has 4 aromatic rings. The average molecular weight is 481 g/mol. The lowest BCUT2D eigenvalue weighted by Gasteiger charge is -2.07. The molecular weight excluding hydrogens is 460 g/mol. The molecule has 0 atom stereocenters. The molecule has 0 spiro atoms. The second-order valence-electron chi connectivity index (χ2n) is 7.33. The Labute approximate surface area is 196 Å². The molecule has 2 N–H and O–H groups in total. The van der Waals surface area contributed by atoms with Crippen LogP contribution in [0.3, 0.4) is 0 Å². The molecule has 168 valence electrons. The number of sulfonamides is 1. The van der Waals surface area contributed by atoms with Crippen LogP contribution in [-0.2, 0) is 16.6 Å². The van der Waals surface area contributed by atoms with Crippen molar-refractivity contribution in [2.24, 2.45) is 4.99 Å². The fraction of sp³-hybridized carbons (Fsp3) is 0.0833. The molecule has 4 rings (SSSR count). The monoisotopic (exact) mass is 480 g/mol. The van der Waals surface area contributed by atoms with E-state index in [1.54, 1.807) is 43.3 Å². The van der Waals surface area contributed by atoms with E-state index in [2.05, 4.69) is 14.8 Å². The first-order chi connectivity index (χ1) is 15.8. The number of aliphatic imine (C=N–C) groups is 1. The zero-order valence-corrected chi connectivity index (χ0v) is 19.3.